The van der Waals surface area contributed by atoms with Crippen LogP contribution >= 0.6 is 0 Å². The molecule has 2 N–H and O–H groups in total. The number of rotatable bonds is 6. The highest BCUT2D eigenvalue weighted by atomic mass is 16.5. The lowest BCUT2D eigenvalue weighted by Crippen LogP contribution is -2.63. The Bertz CT molecular complexity index is 573. The summed E-state index contributed by atoms with van der Waals surface area (Å²) < 4.78 is 10.5. The number of benzene rings is 1. The molecule has 7 nitrogen and oxygen atoms in total. The van der Waals surface area contributed by atoms with Crippen molar-refractivity contribution < 1.29 is 14.3 Å². The first-order chi connectivity index (χ1) is 11.7. The minimum Gasteiger partial charge on any atom is -0.493 e. The van der Waals surface area contributed by atoms with Crippen molar-refractivity contribution in [3.05, 3.63) is 23.8 Å². The van der Waals surface area contributed by atoms with Gasteiger partial charge in [0.1, 0.15) is 0 Å². The van der Waals surface area contributed by atoms with Gasteiger partial charge in [0.05, 0.1) is 14.2 Å². The van der Waals surface area contributed by atoms with E-state index < -0.39 is 0 Å². The van der Waals surface area contributed by atoms with Crippen LogP contribution in [-0.2, 0) is 6.54 Å². The van der Waals surface area contributed by atoms with Crippen LogP contribution in [0.5, 0.6) is 11.5 Å². The lowest BCUT2D eigenvalue weighted by Gasteiger charge is -2.47. The average molecular weight is 334 g/mol. The second-order valence-electron chi connectivity index (χ2n) is 6.24. The molecule has 1 aromatic carbocycles. The molecule has 2 bridgehead atoms. The summed E-state index contributed by atoms with van der Waals surface area (Å²) in [5.41, 5.74) is 0.967. The van der Waals surface area contributed by atoms with Crippen LogP contribution in [0.4, 0.5) is 4.79 Å². The zero-order chi connectivity index (χ0) is 16.9. The lowest BCUT2D eigenvalue weighted by molar-refractivity contribution is 0.0148. The summed E-state index contributed by atoms with van der Waals surface area (Å²) in [4.78, 5) is 17.0. The van der Waals surface area contributed by atoms with Gasteiger partial charge in [0.2, 0.25) is 0 Å². The number of urea groups is 1. The van der Waals surface area contributed by atoms with Crippen molar-refractivity contribution in [3.63, 3.8) is 0 Å². The number of piperazine rings is 3. The van der Waals surface area contributed by atoms with Crippen LogP contribution in [0.1, 0.15) is 5.56 Å². The Morgan fingerprint density at radius 2 is 1.88 bits per heavy atom. The number of nitrogens with zero attached hydrogens (tertiary/aromatic N) is 2. The van der Waals surface area contributed by atoms with Gasteiger partial charge in [-0.1, -0.05) is 6.07 Å². The van der Waals surface area contributed by atoms with Crippen LogP contribution in [0.25, 0.3) is 0 Å². The molecule has 0 radical (unpaired) electrons. The number of hydrogen-bond acceptors (Lipinski definition) is 5. The maximum atomic E-state index is 12.0. The molecule has 1 atom stereocenters. The number of nitrogens with one attached hydrogen (secondary N) is 2. The maximum Gasteiger partial charge on any atom is 0.315 e. The van der Waals surface area contributed by atoms with E-state index in [-0.39, 0.29) is 6.03 Å². The molecule has 3 aliphatic rings. The van der Waals surface area contributed by atoms with Crippen LogP contribution in [0.2, 0.25) is 0 Å². The Morgan fingerprint density at radius 3 is 2.50 bits per heavy atom. The second kappa shape index (κ2) is 7.72. The van der Waals surface area contributed by atoms with Crippen molar-refractivity contribution in [3.8, 4) is 11.5 Å². The molecule has 0 saturated carbocycles. The molecule has 0 spiro atoms. The Hall–Kier alpha value is -1.99. The normalized spacial score (nSPS) is 25.2. The summed E-state index contributed by atoms with van der Waals surface area (Å²) in [6, 6.07) is 5.93. The van der Waals surface area contributed by atoms with Gasteiger partial charge in [-0.2, -0.15) is 0 Å². The van der Waals surface area contributed by atoms with Gasteiger partial charge in [-0.05, 0) is 17.7 Å². The van der Waals surface area contributed by atoms with E-state index in [1.807, 2.05) is 18.2 Å². The van der Waals surface area contributed by atoms with Crippen molar-refractivity contribution in [1.29, 1.82) is 0 Å². The van der Waals surface area contributed by atoms with Gasteiger partial charge in [-0.25, -0.2) is 4.79 Å². The monoisotopic (exact) mass is 334 g/mol. The smallest absolute Gasteiger partial charge is 0.315 e. The van der Waals surface area contributed by atoms with Gasteiger partial charge in [-0.15, -0.1) is 0 Å². The second-order valence-corrected chi connectivity index (χ2v) is 6.24. The highest BCUT2D eigenvalue weighted by Crippen LogP contribution is 2.27. The van der Waals surface area contributed by atoms with E-state index in [2.05, 4.69) is 20.4 Å². The largest absolute Gasteiger partial charge is 0.493 e. The number of carbonyl (C=O) groups excluding carboxylic acids is 1. The SMILES string of the molecule is COc1ccc(CNC(=O)NCC2CN3CCN2CC3)cc1OC. The predicted molar refractivity (Wildman–Crippen MR) is 91.6 cm³/mol. The van der Waals surface area contributed by atoms with Gasteiger partial charge in [0.25, 0.3) is 0 Å². The number of hydrogen-bond donors (Lipinski definition) is 2. The first-order valence-electron chi connectivity index (χ1n) is 8.38. The highest BCUT2D eigenvalue weighted by molar-refractivity contribution is 5.73. The fraction of sp³-hybridized carbons (Fsp3) is 0.588. The number of carbonyl (C=O) groups is 1. The molecule has 7 heteroatoms. The Labute approximate surface area is 142 Å². The van der Waals surface area contributed by atoms with Crippen molar-refractivity contribution >= 4 is 6.03 Å². The molecule has 0 aromatic heterocycles. The first kappa shape index (κ1) is 16.9. The number of ether oxygens (including phenoxy) is 2. The van der Waals surface area contributed by atoms with Crippen molar-refractivity contribution in [2.24, 2.45) is 0 Å². The van der Waals surface area contributed by atoms with E-state index in [1.165, 1.54) is 0 Å². The standard InChI is InChI=1S/C17H26N4O3/c1-23-15-4-3-13(9-16(15)24-2)10-18-17(22)19-11-14-12-20-5-7-21(14)8-6-20/h3-4,9,14H,5-8,10-12H2,1-2H3,(H2,18,19,22). The molecule has 2 amide bonds. The topological polar surface area (TPSA) is 66.1 Å². The van der Waals surface area contributed by atoms with Crippen LogP contribution in [0.3, 0.4) is 0 Å². The third kappa shape index (κ3) is 3.91. The van der Waals surface area contributed by atoms with Gasteiger partial charge in [-0.3, -0.25) is 9.80 Å². The van der Waals surface area contributed by atoms with Crippen molar-refractivity contribution in [2.45, 2.75) is 12.6 Å². The highest BCUT2D eigenvalue weighted by Gasteiger charge is 2.31. The molecule has 3 fully saturated rings. The third-order valence-electron chi connectivity index (χ3n) is 4.79. The van der Waals surface area contributed by atoms with Gasteiger partial charge < -0.3 is 20.1 Å². The number of fused-ring (bicyclic) bond motifs is 3. The van der Waals surface area contributed by atoms with E-state index in [0.29, 0.717) is 30.6 Å². The van der Waals surface area contributed by atoms with Crippen LogP contribution in [0, 0.1) is 0 Å². The molecule has 132 valence electrons. The summed E-state index contributed by atoms with van der Waals surface area (Å²) in [7, 11) is 3.21. The van der Waals surface area contributed by atoms with E-state index in [4.69, 9.17) is 9.47 Å². The molecule has 1 unspecified atom stereocenters. The summed E-state index contributed by atoms with van der Waals surface area (Å²) in [5.74, 6) is 1.35. The first-order valence-corrected chi connectivity index (χ1v) is 8.38. The Kier molecular flexibility index (Phi) is 5.42. The minimum atomic E-state index is -0.137. The van der Waals surface area contributed by atoms with Crippen LogP contribution in [-0.4, -0.2) is 75.4 Å². The fourth-order valence-corrected chi connectivity index (χ4v) is 3.36. The molecule has 0 aliphatic carbocycles. The quantitative estimate of drug-likeness (QED) is 0.793. The van der Waals surface area contributed by atoms with E-state index in [1.54, 1.807) is 14.2 Å². The summed E-state index contributed by atoms with van der Waals surface area (Å²) >= 11 is 0. The zero-order valence-corrected chi connectivity index (χ0v) is 14.4. The Morgan fingerprint density at radius 1 is 1.12 bits per heavy atom. The fourth-order valence-electron chi connectivity index (χ4n) is 3.36. The molecule has 3 saturated heterocycles. The van der Waals surface area contributed by atoms with Crippen molar-refractivity contribution in [1.82, 2.24) is 20.4 Å². The Balaban J connectivity index is 1.44. The molecule has 3 heterocycles. The third-order valence-corrected chi connectivity index (χ3v) is 4.79. The van der Waals surface area contributed by atoms with Gasteiger partial charge in [0, 0.05) is 51.9 Å². The predicted octanol–water partition coefficient (Wildman–Crippen LogP) is 0.503. The molecule has 24 heavy (non-hydrogen) atoms. The number of methoxy groups -OCH3 is 2. The zero-order valence-electron chi connectivity index (χ0n) is 14.4. The van der Waals surface area contributed by atoms with Crippen LogP contribution in [0.15, 0.2) is 18.2 Å². The molecule has 1 aromatic rings. The number of amides is 2. The van der Waals surface area contributed by atoms with Crippen LogP contribution < -0.4 is 20.1 Å². The summed E-state index contributed by atoms with van der Waals surface area (Å²) in [6.07, 6.45) is 0. The summed E-state index contributed by atoms with van der Waals surface area (Å²) in [6.45, 7) is 6.72. The van der Waals surface area contributed by atoms with E-state index in [0.717, 1.165) is 38.3 Å². The molecule has 3 aliphatic heterocycles. The molecule has 4 rings (SSSR count). The summed E-state index contributed by atoms with van der Waals surface area (Å²) in [5, 5.41) is 5.88. The average Bonchev–Trinajstić information content (AvgIpc) is 2.65. The molecular formula is C17H26N4O3. The van der Waals surface area contributed by atoms with E-state index in [9.17, 15) is 4.79 Å². The maximum absolute atomic E-state index is 12.0. The van der Waals surface area contributed by atoms with Gasteiger partial charge in [0.15, 0.2) is 11.5 Å². The van der Waals surface area contributed by atoms with Gasteiger partial charge >= 0.3 is 6.03 Å². The van der Waals surface area contributed by atoms with Crippen molar-refractivity contribution in [2.75, 3.05) is 53.5 Å². The van der Waals surface area contributed by atoms with E-state index >= 15 is 0 Å². The minimum absolute atomic E-state index is 0.137. The molecular weight excluding hydrogens is 308 g/mol. The lowest BCUT2D eigenvalue weighted by atomic mass is 10.1.